The van der Waals surface area contributed by atoms with Gasteiger partial charge >= 0.3 is 0 Å². The summed E-state index contributed by atoms with van der Waals surface area (Å²) in [7, 11) is -2.93. The summed E-state index contributed by atoms with van der Waals surface area (Å²) in [5, 5.41) is 18.2. The van der Waals surface area contributed by atoms with Gasteiger partial charge in [0.1, 0.15) is 0 Å². The van der Waals surface area contributed by atoms with Gasteiger partial charge in [-0.05, 0) is 42.5 Å². The lowest BCUT2D eigenvalue weighted by atomic mass is 9.99. The average molecular weight is 515 g/mol. The molecular weight excluding hydrogens is 476 g/mol. The van der Waals surface area contributed by atoms with Crippen molar-refractivity contribution >= 4 is 33.3 Å². The van der Waals surface area contributed by atoms with Crippen molar-refractivity contribution in [2.24, 2.45) is 0 Å². The number of anilines is 1. The molecule has 0 bridgehead atoms. The molecule has 2 heterocycles. The first-order chi connectivity index (χ1) is 17.2. The molecule has 1 fully saturated rings. The van der Waals surface area contributed by atoms with Crippen molar-refractivity contribution in [1.29, 1.82) is 0 Å². The normalized spacial score (nSPS) is 17.9. The summed E-state index contributed by atoms with van der Waals surface area (Å²) in [4.78, 5) is 16.9. The number of aryl methyl sites for hydroxylation is 1. The number of aliphatic hydroxyl groups excluding tert-OH is 1. The molecule has 2 aromatic carbocycles. The smallest absolute Gasteiger partial charge is 0.251 e. The van der Waals surface area contributed by atoms with Gasteiger partial charge in [-0.3, -0.25) is 18.2 Å². The second-order valence-corrected chi connectivity index (χ2v) is 11.9. The van der Waals surface area contributed by atoms with Gasteiger partial charge in [0.25, 0.3) is 5.91 Å². The molecule has 196 valence electrons. The minimum atomic E-state index is -2.93. The summed E-state index contributed by atoms with van der Waals surface area (Å²) in [5.41, 5.74) is 3.92. The largest absolute Gasteiger partial charge is 0.390 e. The fraction of sp³-hybridized carbons (Fsp3) is 0.444. The molecule has 36 heavy (non-hydrogen) atoms. The molecule has 9 heteroatoms. The maximum Gasteiger partial charge on any atom is 0.251 e. The van der Waals surface area contributed by atoms with Gasteiger partial charge in [0.05, 0.1) is 29.1 Å². The topological polar surface area (TPSA) is 121 Å². The summed E-state index contributed by atoms with van der Waals surface area (Å²) in [5.74, 6) is 0.0158. The molecule has 8 nitrogen and oxygen atoms in total. The standard InChI is InChI=1S/C27H38N4O4S/c1-4-20-16-29-26-22(20)14-21(15-24(26)31-11-8-12-36(31,34)35)27(33)30-23(25(32)17-28-18(2)3)13-19-9-6-5-7-10-19/h5-7,9-10,14-16,18,23,25,28-29,32,34-35H,4,8,11-13,17H2,1-3H3,(H,30,33)/t23-,25+/m0/s1. The van der Waals surface area contributed by atoms with Crippen molar-refractivity contribution in [3.63, 3.8) is 0 Å². The second kappa shape index (κ2) is 11.2. The van der Waals surface area contributed by atoms with E-state index in [0.29, 0.717) is 42.9 Å². The Labute approximate surface area is 214 Å². The number of rotatable bonds is 10. The molecule has 4 rings (SSSR count). The lowest BCUT2D eigenvalue weighted by Gasteiger charge is -2.38. The highest BCUT2D eigenvalue weighted by molar-refractivity contribution is 8.25. The van der Waals surface area contributed by atoms with Gasteiger partial charge in [0.2, 0.25) is 0 Å². The number of aromatic amines is 1. The Balaban J connectivity index is 1.67. The van der Waals surface area contributed by atoms with Gasteiger partial charge in [-0.15, -0.1) is 10.8 Å². The molecule has 1 saturated heterocycles. The summed E-state index contributed by atoms with van der Waals surface area (Å²) in [6.45, 7) is 6.94. The lowest BCUT2D eigenvalue weighted by Crippen LogP contribution is -2.49. The van der Waals surface area contributed by atoms with E-state index < -0.39 is 22.9 Å². The molecule has 6 N–H and O–H groups in total. The van der Waals surface area contributed by atoms with E-state index >= 15 is 0 Å². The number of aliphatic hydroxyl groups is 1. The number of carbonyl (C=O) groups is 1. The Bertz CT molecular complexity index is 1180. The van der Waals surface area contributed by atoms with Gasteiger partial charge < -0.3 is 20.7 Å². The monoisotopic (exact) mass is 514 g/mol. The number of hydrogen-bond donors (Lipinski definition) is 6. The maximum absolute atomic E-state index is 13.6. The van der Waals surface area contributed by atoms with E-state index in [2.05, 4.69) is 15.6 Å². The minimum absolute atomic E-state index is 0.207. The molecule has 1 aliphatic rings. The number of nitrogens with one attached hydrogen (secondary N) is 3. The number of hydrogen-bond acceptors (Lipinski definition) is 6. The highest BCUT2D eigenvalue weighted by Crippen LogP contribution is 2.52. The lowest BCUT2D eigenvalue weighted by molar-refractivity contribution is 0.0827. The molecular formula is C27H38N4O4S. The van der Waals surface area contributed by atoms with Crippen LogP contribution in [0.1, 0.15) is 48.7 Å². The Kier molecular flexibility index (Phi) is 8.27. The predicted octanol–water partition coefficient (Wildman–Crippen LogP) is 4.31. The first-order valence-electron chi connectivity index (χ1n) is 12.6. The van der Waals surface area contributed by atoms with Crippen molar-refractivity contribution in [2.45, 2.75) is 58.2 Å². The summed E-state index contributed by atoms with van der Waals surface area (Å²) in [6, 6.07) is 13.1. The van der Waals surface area contributed by atoms with Crippen molar-refractivity contribution in [1.82, 2.24) is 15.6 Å². The zero-order valence-electron chi connectivity index (χ0n) is 21.2. The van der Waals surface area contributed by atoms with Gasteiger partial charge in [-0.2, -0.15) is 0 Å². The van der Waals surface area contributed by atoms with Crippen LogP contribution in [-0.4, -0.2) is 62.1 Å². The van der Waals surface area contributed by atoms with Crippen LogP contribution in [0.25, 0.3) is 10.9 Å². The molecule has 0 aliphatic carbocycles. The van der Waals surface area contributed by atoms with E-state index in [-0.39, 0.29) is 11.9 Å². The number of carbonyl (C=O) groups excluding carboxylic acids is 1. The van der Waals surface area contributed by atoms with Crippen LogP contribution in [0.15, 0.2) is 48.7 Å². The Morgan fingerprint density at radius 2 is 1.94 bits per heavy atom. The van der Waals surface area contributed by atoms with Crippen LogP contribution in [0.3, 0.4) is 0 Å². The van der Waals surface area contributed by atoms with Crippen LogP contribution in [0.4, 0.5) is 5.69 Å². The maximum atomic E-state index is 13.6. The summed E-state index contributed by atoms with van der Waals surface area (Å²) >= 11 is 0. The fourth-order valence-electron chi connectivity index (χ4n) is 4.73. The number of nitrogens with zero attached hydrogens (tertiary/aromatic N) is 1. The number of amides is 1. The molecule has 0 unspecified atom stereocenters. The number of benzene rings is 2. The SMILES string of the molecule is CCc1c[nH]c2c(N3CCCS3(O)O)cc(C(=O)N[C@@H](Cc3ccccc3)[C@H](O)CNC(C)C)cc12. The van der Waals surface area contributed by atoms with E-state index in [1.165, 1.54) is 0 Å². The second-order valence-electron chi connectivity index (χ2n) is 9.78. The Hall–Kier alpha value is -2.56. The molecule has 1 amide bonds. The zero-order chi connectivity index (χ0) is 25.9. The third kappa shape index (κ3) is 5.87. The van der Waals surface area contributed by atoms with Gasteiger partial charge in [0, 0.05) is 36.3 Å². The van der Waals surface area contributed by atoms with E-state index in [0.717, 1.165) is 28.5 Å². The highest BCUT2D eigenvalue weighted by atomic mass is 32.3. The summed E-state index contributed by atoms with van der Waals surface area (Å²) < 4.78 is 22.9. The molecule has 2 atom stereocenters. The zero-order valence-corrected chi connectivity index (χ0v) is 22.0. The Morgan fingerprint density at radius 3 is 2.58 bits per heavy atom. The first-order valence-corrected chi connectivity index (χ1v) is 14.3. The molecule has 0 radical (unpaired) electrons. The van der Waals surface area contributed by atoms with Crippen molar-refractivity contribution in [2.75, 3.05) is 23.1 Å². The molecule has 0 spiro atoms. The third-order valence-electron chi connectivity index (χ3n) is 6.71. The van der Waals surface area contributed by atoms with E-state index in [9.17, 15) is 19.0 Å². The Morgan fingerprint density at radius 1 is 1.19 bits per heavy atom. The van der Waals surface area contributed by atoms with Crippen molar-refractivity contribution in [3.05, 3.63) is 65.4 Å². The van der Waals surface area contributed by atoms with Crippen LogP contribution in [0.5, 0.6) is 0 Å². The van der Waals surface area contributed by atoms with Crippen molar-refractivity contribution < 1.29 is 19.0 Å². The highest BCUT2D eigenvalue weighted by Gasteiger charge is 2.32. The van der Waals surface area contributed by atoms with Crippen molar-refractivity contribution in [3.8, 4) is 0 Å². The fourth-order valence-corrected chi connectivity index (χ4v) is 6.34. The quantitative estimate of drug-likeness (QED) is 0.240. The average Bonchev–Trinajstić information content (AvgIpc) is 3.44. The van der Waals surface area contributed by atoms with Crippen LogP contribution >= 0.6 is 10.8 Å². The molecule has 3 aromatic rings. The van der Waals surface area contributed by atoms with Crippen LogP contribution in [0.2, 0.25) is 0 Å². The first kappa shape index (κ1) is 26.5. The number of aromatic nitrogens is 1. The van der Waals surface area contributed by atoms with Crippen LogP contribution in [0, 0.1) is 0 Å². The van der Waals surface area contributed by atoms with Gasteiger partial charge in [-0.25, -0.2) is 0 Å². The molecule has 1 aromatic heterocycles. The number of H-pyrrole nitrogens is 1. The van der Waals surface area contributed by atoms with E-state index in [1.54, 1.807) is 10.4 Å². The third-order valence-corrected chi connectivity index (χ3v) is 8.63. The van der Waals surface area contributed by atoms with Gasteiger partial charge in [0.15, 0.2) is 0 Å². The minimum Gasteiger partial charge on any atom is -0.390 e. The van der Waals surface area contributed by atoms with Gasteiger partial charge in [-0.1, -0.05) is 51.1 Å². The van der Waals surface area contributed by atoms with E-state index in [1.807, 2.05) is 63.4 Å². The molecule has 1 aliphatic heterocycles. The summed E-state index contributed by atoms with van der Waals surface area (Å²) in [6.07, 6.45) is 3.06. The molecule has 0 saturated carbocycles. The van der Waals surface area contributed by atoms with Crippen LogP contribution in [-0.2, 0) is 12.8 Å². The predicted molar refractivity (Wildman–Crippen MR) is 148 cm³/mol. The van der Waals surface area contributed by atoms with E-state index in [4.69, 9.17) is 0 Å². The van der Waals surface area contributed by atoms with Crippen LogP contribution < -0.4 is 14.9 Å². The number of fused-ring (bicyclic) bond motifs is 1.